The summed E-state index contributed by atoms with van der Waals surface area (Å²) in [6, 6.07) is 7.76. The monoisotopic (exact) mass is 335 g/mol. The summed E-state index contributed by atoms with van der Waals surface area (Å²) in [4.78, 5) is 22.9. The van der Waals surface area contributed by atoms with E-state index >= 15 is 0 Å². The van der Waals surface area contributed by atoms with Gasteiger partial charge in [0.2, 0.25) is 0 Å². The standard InChI is InChI=1S/C19H21N5O/c1-12-15(16-17(20)21-11-22-18(16)23(12)2)13-5-7-14(8-6-13)19(25)24-9-3-4-10-24/h5-8,11H,3-4,9-10H2,1-2H3,(H2,20,21,22). The molecular formula is C19H21N5O. The van der Waals surface area contributed by atoms with Gasteiger partial charge in [0.25, 0.3) is 5.91 Å². The maximum absolute atomic E-state index is 12.5. The molecule has 0 spiro atoms. The zero-order chi connectivity index (χ0) is 17.6. The number of rotatable bonds is 2. The van der Waals surface area contributed by atoms with Crippen LogP contribution in [0.2, 0.25) is 0 Å². The molecule has 6 heteroatoms. The third kappa shape index (κ3) is 2.45. The number of nitrogens with two attached hydrogens (primary N) is 1. The van der Waals surface area contributed by atoms with Crippen molar-refractivity contribution in [3.05, 3.63) is 41.9 Å². The highest BCUT2D eigenvalue weighted by Gasteiger charge is 2.21. The maximum Gasteiger partial charge on any atom is 0.253 e. The Labute approximate surface area is 146 Å². The molecule has 2 N–H and O–H groups in total. The van der Waals surface area contributed by atoms with E-state index in [2.05, 4.69) is 9.97 Å². The summed E-state index contributed by atoms with van der Waals surface area (Å²) in [6.45, 7) is 3.76. The van der Waals surface area contributed by atoms with E-state index in [0.29, 0.717) is 5.82 Å². The summed E-state index contributed by atoms with van der Waals surface area (Å²) in [5, 5.41) is 0.862. The van der Waals surface area contributed by atoms with Crippen LogP contribution in [0.25, 0.3) is 22.2 Å². The van der Waals surface area contributed by atoms with Gasteiger partial charge in [-0.25, -0.2) is 9.97 Å². The summed E-state index contributed by atoms with van der Waals surface area (Å²) in [5.74, 6) is 0.586. The predicted octanol–water partition coefficient (Wildman–Crippen LogP) is 2.76. The molecule has 1 amide bonds. The molecular weight excluding hydrogens is 314 g/mol. The number of anilines is 1. The molecule has 4 rings (SSSR count). The molecule has 1 aliphatic heterocycles. The Morgan fingerprint density at radius 2 is 1.80 bits per heavy atom. The van der Waals surface area contributed by atoms with Crippen LogP contribution in [-0.4, -0.2) is 38.4 Å². The summed E-state index contributed by atoms with van der Waals surface area (Å²) in [7, 11) is 1.97. The first-order valence-corrected chi connectivity index (χ1v) is 8.53. The van der Waals surface area contributed by atoms with Crippen LogP contribution in [0.15, 0.2) is 30.6 Å². The highest BCUT2D eigenvalue weighted by atomic mass is 16.2. The molecule has 2 aromatic heterocycles. The molecule has 3 aromatic rings. The topological polar surface area (TPSA) is 77.0 Å². The van der Waals surface area contributed by atoms with Crippen molar-refractivity contribution in [3.8, 4) is 11.1 Å². The number of hydrogen-bond donors (Lipinski definition) is 1. The molecule has 0 aliphatic carbocycles. The van der Waals surface area contributed by atoms with E-state index in [4.69, 9.17) is 5.73 Å². The van der Waals surface area contributed by atoms with Gasteiger partial charge < -0.3 is 15.2 Å². The van der Waals surface area contributed by atoms with Crippen molar-refractivity contribution in [2.75, 3.05) is 18.8 Å². The van der Waals surface area contributed by atoms with E-state index in [1.54, 1.807) is 0 Å². The van der Waals surface area contributed by atoms with Crippen molar-refractivity contribution in [1.29, 1.82) is 0 Å². The zero-order valence-electron chi connectivity index (χ0n) is 14.5. The highest BCUT2D eigenvalue weighted by molar-refractivity contribution is 6.03. The average molecular weight is 335 g/mol. The van der Waals surface area contributed by atoms with Gasteiger partial charge in [0.05, 0.1) is 5.39 Å². The normalized spacial score (nSPS) is 14.4. The van der Waals surface area contributed by atoms with Crippen LogP contribution in [-0.2, 0) is 7.05 Å². The molecule has 0 atom stereocenters. The van der Waals surface area contributed by atoms with Crippen LogP contribution >= 0.6 is 0 Å². The molecule has 0 bridgehead atoms. The molecule has 1 aromatic carbocycles. The van der Waals surface area contributed by atoms with E-state index in [-0.39, 0.29) is 5.91 Å². The van der Waals surface area contributed by atoms with Crippen LogP contribution in [0.1, 0.15) is 28.9 Å². The lowest BCUT2D eigenvalue weighted by Crippen LogP contribution is -2.27. The number of fused-ring (bicyclic) bond motifs is 1. The minimum absolute atomic E-state index is 0.113. The number of carbonyl (C=O) groups excluding carboxylic acids is 1. The fraction of sp³-hybridized carbons (Fsp3) is 0.316. The number of nitrogen functional groups attached to an aromatic ring is 1. The molecule has 0 unspecified atom stereocenters. The summed E-state index contributed by atoms with van der Waals surface area (Å²) in [5.41, 5.74) is 10.8. The summed E-state index contributed by atoms with van der Waals surface area (Å²) < 4.78 is 2.02. The van der Waals surface area contributed by atoms with Crippen molar-refractivity contribution < 1.29 is 4.79 Å². The van der Waals surface area contributed by atoms with Gasteiger partial charge in [-0.2, -0.15) is 0 Å². The number of aryl methyl sites for hydroxylation is 1. The van der Waals surface area contributed by atoms with Crippen molar-refractivity contribution >= 4 is 22.8 Å². The molecule has 128 valence electrons. The van der Waals surface area contributed by atoms with Gasteiger partial charge >= 0.3 is 0 Å². The molecule has 0 radical (unpaired) electrons. The van der Waals surface area contributed by atoms with Crippen LogP contribution in [0.3, 0.4) is 0 Å². The lowest BCUT2D eigenvalue weighted by molar-refractivity contribution is 0.0793. The Kier molecular flexibility index (Phi) is 3.67. The van der Waals surface area contributed by atoms with Crippen LogP contribution in [0.4, 0.5) is 5.82 Å². The molecule has 3 heterocycles. The van der Waals surface area contributed by atoms with Gasteiger partial charge in [0, 0.05) is 37.0 Å². The van der Waals surface area contributed by atoms with Crippen molar-refractivity contribution in [1.82, 2.24) is 19.4 Å². The Hall–Kier alpha value is -2.89. The second kappa shape index (κ2) is 5.88. The number of amides is 1. The van der Waals surface area contributed by atoms with Gasteiger partial charge in [-0.3, -0.25) is 4.79 Å². The van der Waals surface area contributed by atoms with Crippen molar-refractivity contribution in [2.45, 2.75) is 19.8 Å². The predicted molar refractivity (Wildman–Crippen MR) is 98.2 cm³/mol. The highest BCUT2D eigenvalue weighted by Crippen LogP contribution is 2.35. The fourth-order valence-electron chi connectivity index (χ4n) is 3.63. The zero-order valence-corrected chi connectivity index (χ0v) is 14.5. The minimum Gasteiger partial charge on any atom is -0.383 e. The van der Waals surface area contributed by atoms with Gasteiger partial charge in [-0.05, 0) is 37.5 Å². The van der Waals surface area contributed by atoms with Gasteiger partial charge in [-0.15, -0.1) is 0 Å². The van der Waals surface area contributed by atoms with Crippen LogP contribution < -0.4 is 5.73 Å². The lowest BCUT2D eigenvalue weighted by atomic mass is 10.0. The molecule has 1 fully saturated rings. The number of nitrogens with zero attached hydrogens (tertiary/aromatic N) is 4. The van der Waals surface area contributed by atoms with Crippen molar-refractivity contribution in [2.24, 2.45) is 7.05 Å². The Morgan fingerprint density at radius 1 is 1.12 bits per heavy atom. The van der Waals surface area contributed by atoms with Crippen molar-refractivity contribution in [3.63, 3.8) is 0 Å². The van der Waals surface area contributed by atoms with E-state index in [1.807, 2.05) is 47.7 Å². The number of likely N-dealkylation sites (tertiary alicyclic amines) is 1. The first-order chi connectivity index (χ1) is 12.1. The largest absolute Gasteiger partial charge is 0.383 e. The second-order valence-corrected chi connectivity index (χ2v) is 6.55. The Morgan fingerprint density at radius 3 is 2.48 bits per heavy atom. The molecule has 1 saturated heterocycles. The van der Waals surface area contributed by atoms with E-state index < -0.39 is 0 Å². The molecule has 1 aliphatic rings. The Balaban J connectivity index is 1.77. The van der Waals surface area contributed by atoms with E-state index in [0.717, 1.165) is 59.3 Å². The van der Waals surface area contributed by atoms with Gasteiger partial charge in [0.15, 0.2) is 0 Å². The number of carbonyl (C=O) groups is 1. The number of aromatic nitrogens is 3. The van der Waals surface area contributed by atoms with Crippen LogP contribution in [0.5, 0.6) is 0 Å². The third-order valence-corrected chi connectivity index (χ3v) is 5.10. The first-order valence-electron chi connectivity index (χ1n) is 8.53. The second-order valence-electron chi connectivity index (χ2n) is 6.55. The van der Waals surface area contributed by atoms with Gasteiger partial charge in [-0.1, -0.05) is 12.1 Å². The third-order valence-electron chi connectivity index (χ3n) is 5.10. The van der Waals surface area contributed by atoms with Gasteiger partial charge in [0.1, 0.15) is 17.8 Å². The summed E-state index contributed by atoms with van der Waals surface area (Å²) in [6.07, 6.45) is 3.68. The number of benzene rings is 1. The summed E-state index contributed by atoms with van der Waals surface area (Å²) >= 11 is 0. The smallest absolute Gasteiger partial charge is 0.253 e. The van der Waals surface area contributed by atoms with E-state index in [9.17, 15) is 4.79 Å². The minimum atomic E-state index is 0.113. The quantitative estimate of drug-likeness (QED) is 0.781. The average Bonchev–Trinajstić information content (AvgIpc) is 3.24. The molecule has 0 saturated carbocycles. The molecule has 6 nitrogen and oxygen atoms in total. The SMILES string of the molecule is Cc1c(-c2ccc(C(=O)N3CCCC3)cc2)c2c(N)ncnc2n1C. The maximum atomic E-state index is 12.5. The van der Waals surface area contributed by atoms with E-state index in [1.165, 1.54) is 6.33 Å². The first kappa shape index (κ1) is 15.6. The Bertz CT molecular complexity index is 952. The van der Waals surface area contributed by atoms with Crippen LogP contribution in [0, 0.1) is 6.92 Å². The molecule has 25 heavy (non-hydrogen) atoms. The lowest BCUT2D eigenvalue weighted by Gasteiger charge is -2.15. The number of hydrogen-bond acceptors (Lipinski definition) is 4. The fourth-order valence-corrected chi connectivity index (χ4v) is 3.63.